The highest BCUT2D eigenvalue weighted by molar-refractivity contribution is 7.90. The van der Waals surface area contributed by atoms with Crippen molar-refractivity contribution in [2.75, 3.05) is 18.4 Å². The maximum atomic E-state index is 14.4. The number of sulfonamides is 1. The van der Waals surface area contributed by atoms with Gasteiger partial charge in [0.15, 0.2) is 0 Å². The van der Waals surface area contributed by atoms with Crippen LogP contribution in [0.15, 0.2) is 60.1 Å². The number of carbonyl (C=O) groups is 4. The Balaban J connectivity index is 1.29. The number of hydrogen-bond donors (Lipinski definition) is 4. The molecule has 3 fully saturated rings. The van der Waals surface area contributed by atoms with Crippen LogP contribution in [-0.2, 0) is 29.1 Å². The second-order valence-electron chi connectivity index (χ2n) is 14.6. The Bertz CT molecular complexity index is 1780. The zero-order valence-corrected chi connectivity index (χ0v) is 31.0. The first-order valence-electron chi connectivity index (χ1n) is 18.7. The monoisotopic (exact) mass is 750 g/mol. The number of aromatic nitrogens is 1. The van der Waals surface area contributed by atoms with Crippen molar-refractivity contribution in [1.29, 1.82) is 0 Å². The van der Waals surface area contributed by atoms with Crippen LogP contribution in [0.5, 0.6) is 5.88 Å². The smallest absolute Gasteiger partial charge is 0.408 e. The van der Waals surface area contributed by atoms with E-state index in [1.807, 2.05) is 13.0 Å². The molecule has 4 aliphatic rings. The molecule has 4 amide bonds. The number of para-hydroxylation sites is 1. The molecular formula is C38H50N6O8S. The number of amides is 4. The molecule has 0 radical (unpaired) electrons. The first kappa shape index (κ1) is 38.1. The number of hydrogen-bond acceptors (Lipinski definition) is 10. The molecular weight excluding hydrogens is 701 g/mol. The molecule has 0 unspecified atom stereocenters. The average molecular weight is 751 g/mol. The zero-order chi connectivity index (χ0) is 37.6. The molecule has 2 aromatic rings. The van der Waals surface area contributed by atoms with Gasteiger partial charge < -0.3 is 30.3 Å². The highest BCUT2D eigenvalue weighted by Gasteiger charge is 2.61. The van der Waals surface area contributed by atoms with E-state index in [1.54, 1.807) is 30.5 Å². The van der Waals surface area contributed by atoms with Crippen LogP contribution in [0, 0.1) is 12.8 Å². The van der Waals surface area contributed by atoms with Crippen LogP contribution in [0.25, 0.3) is 0 Å². The Labute approximate surface area is 310 Å². The number of pyridine rings is 1. The van der Waals surface area contributed by atoms with Gasteiger partial charge in [-0.3, -0.25) is 14.4 Å². The summed E-state index contributed by atoms with van der Waals surface area (Å²) in [5.41, 5.74) is -0.308. The first-order chi connectivity index (χ1) is 25.5. The van der Waals surface area contributed by atoms with Crippen molar-refractivity contribution in [3.05, 3.63) is 60.8 Å². The number of rotatable bonds is 5. The van der Waals surface area contributed by atoms with Crippen LogP contribution >= 0.6 is 0 Å². The van der Waals surface area contributed by atoms with Crippen molar-refractivity contribution in [2.24, 2.45) is 5.92 Å². The molecule has 2 saturated carbocycles. The molecule has 0 bridgehead atoms. The summed E-state index contributed by atoms with van der Waals surface area (Å²) < 4.78 is 41.3. The van der Waals surface area contributed by atoms with Gasteiger partial charge in [0.25, 0.3) is 15.9 Å². The molecule has 2 aliphatic carbocycles. The van der Waals surface area contributed by atoms with Crippen molar-refractivity contribution < 1.29 is 37.1 Å². The molecule has 1 saturated heterocycles. The lowest BCUT2D eigenvalue weighted by atomic mass is 10.0. The Kier molecular flexibility index (Phi) is 11.9. The fourth-order valence-electron chi connectivity index (χ4n) is 7.54. The van der Waals surface area contributed by atoms with E-state index in [0.717, 1.165) is 56.9 Å². The molecule has 286 valence electrons. The quantitative estimate of drug-likeness (QED) is 0.325. The highest BCUT2D eigenvalue weighted by atomic mass is 32.2. The van der Waals surface area contributed by atoms with E-state index in [9.17, 15) is 27.6 Å². The van der Waals surface area contributed by atoms with Crippen LogP contribution in [-0.4, -0.2) is 85.0 Å². The molecule has 15 heteroatoms. The lowest BCUT2D eigenvalue weighted by Crippen LogP contribution is -2.58. The predicted octanol–water partition coefficient (Wildman–Crippen LogP) is 4.11. The summed E-state index contributed by atoms with van der Waals surface area (Å²) in [5, 5.41) is 8.81. The lowest BCUT2D eigenvalue weighted by molar-refractivity contribution is -0.141. The maximum absolute atomic E-state index is 14.4. The Morgan fingerprint density at radius 3 is 2.47 bits per heavy atom. The van der Waals surface area contributed by atoms with Crippen molar-refractivity contribution in [3.63, 3.8) is 0 Å². The van der Waals surface area contributed by atoms with E-state index in [0.29, 0.717) is 31.0 Å². The molecule has 53 heavy (non-hydrogen) atoms. The van der Waals surface area contributed by atoms with E-state index in [1.165, 1.54) is 17.0 Å². The summed E-state index contributed by atoms with van der Waals surface area (Å²) in [6, 6.07) is 7.85. The summed E-state index contributed by atoms with van der Waals surface area (Å²) in [6.07, 6.45) is 9.56. The van der Waals surface area contributed by atoms with Gasteiger partial charge >= 0.3 is 6.09 Å². The fourth-order valence-corrected chi connectivity index (χ4v) is 8.76. The standard InChI is InChI=1S/C38H50N6O8S/c1-3-26-22-38(26)36(47)43-53(49,50)32-17-11-10-15-29(32)39-20-12-6-4-5-7-16-30(41-37(48)52-27-13-8-9-14-27)35(46)44-24-28(21-31(44)34(45)42-38)51-33-19-18-25(2)23-40-33/h3,10-11,15,17-19,23,26-28,30-31,39H,1,4-9,12-14,16,20-22,24H2,2H3,(H,41,48)(H,42,45)(H,43,47)/t26-,28-,30+,31+,38-/m1/s1. The molecule has 1 aromatic carbocycles. The number of nitrogens with zero attached hydrogens (tertiary/aromatic N) is 2. The van der Waals surface area contributed by atoms with E-state index in [-0.39, 0.29) is 30.4 Å². The number of alkyl carbamates (subject to hydrolysis) is 1. The predicted molar refractivity (Wildman–Crippen MR) is 196 cm³/mol. The van der Waals surface area contributed by atoms with Crippen molar-refractivity contribution in [1.82, 2.24) is 25.2 Å². The molecule has 5 atom stereocenters. The third-order valence-electron chi connectivity index (χ3n) is 10.6. The van der Waals surface area contributed by atoms with Gasteiger partial charge in [0.1, 0.15) is 34.7 Å². The van der Waals surface area contributed by atoms with Crippen LogP contribution in [0.1, 0.15) is 82.6 Å². The number of carbonyl (C=O) groups excluding carboxylic acids is 4. The van der Waals surface area contributed by atoms with Gasteiger partial charge in [-0.1, -0.05) is 50.0 Å². The molecule has 1 spiro atoms. The van der Waals surface area contributed by atoms with E-state index in [4.69, 9.17) is 9.47 Å². The SMILES string of the molecule is C=C[C@@H]1C[C@@]12NC(=O)[C@@H]1C[C@@H](Oc3ccc(C)cn3)CN1C(=O)[C@@H](NC(=O)OC1CCCC1)CCCCCCCNc1ccccc1S(=O)(=O)NC2=O. The highest BCUT2D eigenvalue weighted by Crippen LogP contribution is 2.45. The number of aryl methyl sites for hydroxylation is 1. The van der Waals surface area contributed by atoms with Crippen LogP contribution in [0.3, 0.4) is 0 Å². The fraction of sp³-hybridized carbons (Fsp3) is 0.553. The topological polar surface area (TPSA) is 185 Å². The van der Waals surface area contributed by atoms with Crippen LogP contribution < -0.4 is 25.4 Å². The lowest BCUT2D eigenvalue weighted by Gasteiger charge is -2.30. The number of nitrogens with one attached hydrogen (secondary N) is 4. The number of ether oxygens (including phenoxy) is 2. The third-order valence-corrected chi connectivity index (χ3v) is 12.0. The molecule has 6 rings (SSSR count). The Hall–Kier alpha value is -4.66. The summed E-state index contributed by atoms with van der Waals surface area (Å²) in [4.78, 5) is 61.3. The number of fused-ring (bicyclic) bond motifs is 2. The minimum absolute atomic E-state index is 0.0184. The van der Waals surface area contributed by atoms with Crippen molar-refractivity contribution in [3.8, 4) is 5.88 Å². The van der Waals surface area contributed by atoms with Crippen LogP contribution in [0.4, 0.5) is 10.5 Å². The van der Waals surface area contributed by atoms with Gasteiger partial charge in [0, 0.05) is 31.1 Å². The second-order valence-corrected chi connectivity index (χ2v) is 16.2. The molecule has 3 heterocycles. The Morgan fingerprint density at radius 2 is 1.74 bits per heavy atom. The summed E-state index contributed by atoms with van der Waals surface area (Å²) in [7, 11) is -4.35. The average Bonchev–Trinajstić information content (AvgIpc) is 3.39. The molecule has 4 N–H and O–H groups in total. The largest absolute Gasteiger partial charge is 0.472 e. The minimum Gasteiger partial charge on any atom is -0.472 e. The van der Waals surface area contributed by atoms with Crippen LogP contribution in [0.2, 0.25) is 0 Å². The number of anilines is 1. The van der Waals surface area contributed by atoms with Gasteiger partial charge in [0.2, 0.25) is 17.7 Å². The molecule has 14 nitrogen and oxygen atoms in total. The zero-order valence-electron chi connectivity index (χ0n) is 30.2. The first-order valence-corrected chi connectivity index (χ1v) is 20.2. The summed E-state index contributed by atoms with van der Waals surface area (Å²) in [6.45, 7) is 6.22. The van der Waals surface area contributed by atoms with Gasteiger partial charge in [-0.25, -0.2) is 22.9 Å². The number of benzene rings is 1. The van der Waals surface area contributed by atoms with Gasteiger partial charge in [0.05, 0.1) is 12.2 Å². The van der Waals surface area contributed by atoms with Crippen molar-refractivity contribution in [2.45, 2.75) is 119 Å². The molecule has 2 aliphatic heterocycles. The second kappa shape index (κ2) is 16.6. The van der Waals surface area contributed by atoms with Gasteiger partial charge in [-0.05, 0) is 69.6 Å². The normalized spacial score (nSPS) is 28.4. The van der Waals surface area contributed by atoms with E-state index >= 15 is 0 Å². The minimum atomic E-state index is -4.35. The maximum Gasteiger partial charge on any atom is 0.408 e. The van der Waals surface area contributed by atoms with Gasteiger partial charge in [-0.15, -0.1) is 6.58 Å². The molecule has 1 aromatic heterocycles. The summed E-state index contributed by atoms with van der Waals surface area (Å²) in [5.74, 6) is -2.25. The van der Waals surface area contributed by atoms with Gasteiger partial charge in [-0.2, -0.15) is 0 Å². The summed E-state index contributed by atoms with van der Waals surface area (Å²) >= 11 is 0. The van der Waals surface area contributed by atoms with E-state index in [2.05, 4.69) is 32.2 Å². The Morgan fingerprint density at radius 1 is 1.00 bits per heavy atom. The van der Waals surface area contributed by atoms with Crippen molar-refractivity contribution >= 4 is 39.5 Å². The third kappa shape index (κ3) is 9.11. The van der Waals surface area contributed by atoms with E-state index < -0.39 is 63.5 Å².